The van der Waals surface area contributed by atoms with E-state index in [-0.39, 0.29) is 17.3 Å². The molecule has 0 radical (unpaired) electrons. The number of nitrogens with zero attached hydrogens (tertiary/aromatic N) is 3. The average Bonchev–Trinajstić information content (AvgIpc) is 3.00. The molecule has 0 spiro atoms. The van der Waals surface area contributed by atoms with Crippen LogP contribution in [0.2, 0.25) is 0 Å². The fraction of sp³-hybridized carbons (Fsp3) is 0.214. The van der Waals surface area contributed by atoms with Gasteiger partial charge in [0.1, 0.15) is 17.4 Å². The maximum atomic E-state index is 12.1. The van der Waals surface area contributed by atoms with Crippen molar-refractivity contribution < 1.29 is 8.42 Å². The number of halogens is 1. The van der Waals surface area contributed by atoms with Crippen LogP contribution in [0.25, 0.3) is 11.0 Å². The molecule has 2 aromatic heterocycles. The van der Waals surface area contributed by atoms with Crippen LogP contribution in [0.5, 0.6) is 0 Å². The number of nitrogens with one attached hydrogen (secondary N) is 3. The van der Waals surface area contributed by atoms with Crippen LogP contribution in [0.1, 0.15) is 11.1 Å². The summed E-state index contributed by atoms with van der Waals surface area (Å²) >= 11 is 0. The van der Waals surface area contributed by atoms with Crippen molar-refractivity contribution in [2.24, 2.45) is 0 Å². The van der Waals surface area contributed by atoms with Gasteiger partial charge in [-0.05, 0) is 38.1 Å². The standard InChI is InChI=1S/C14H16N6O2S.ClH/c1-8-4-5-11(23(21,22)15-3)9(2)12(8)19-14-13-10(6-18-20-13)16-7-17-14;/h4-7,15H,1-3H3,(H,18,20)(H,16,17,19);1H. The largest absolute Gasteiger partial charge is 0.338 e. The molecule has 3 aromatic rings. The minimum Gasteiger partial charge on any atom is -0.338 e. The molecule has 0 aliphatic rings. The van der Waals surface area contributed by atoms with Crippen LogP contribution in [0.15, 0.2) is 29.6 Å². The molecule has 0 unspecified atom stereocenters. The summed E-state index contributed by atoms with van der Waals surface area (Å²) in [5.74, 6) is 0.540. The van der Waals surface area contributed by atoms with Crippen LogP contribution >= 0.6 is 12.4 Å². The molecule has 8 nitrogen and oxygen atoms in total. The van der Waals surface area contributed by atoms with Gasteiger partial charge in [-0.15, -0.1) is 12.4 Å². The van der Waals surface area contributed by atoms with Crippen LogP contribution < -0.4 is 10.0 Å². The number of H-pyrrole nitrogens is 1. The minimum atomic E-state index is -3.53. The second-order valence-electron chi connectivity index (χ2n) is 5.07. The van der Waals surface area contributed by atoms with Crippen LogP contribution in [0.3, 0.4) is 0 Å². The van der Waals surface area contributed by atoms with Gasteiger partial charge in [-0.2, -0.15) is 5.10 Å². The molecule has 0 fully saturated rings. The quantitative estimate of drug-likeness (QED) is 0.649. The molecule has 2 heterocycles. The SMILES string of the molecule is CNS(=O)(=O)c1ccc(C)c(Nc2ncnc3cn[nH]c23)c1C.Cl. The van der Waals surface area contributed by atoms with E-state index in [1.807, 2.05) is 6.92 Å². The first-order valence-corrected chi connectivity index (χ1v) is 8.37. The van der Waals surface area contributed by atoms with E-state index in [0.717, 1.165) is 5.56 Å². The smallest absolute Gasteiger partial charge is 0.240 e. The van der Waals surface area contributed by atoms with Gasteiger partial charge in [-0.25, -0.2) is 23.1 Å². The Balaban J connectivity index is 0.00000208. The Morgan fingerprint density at radius 1 is 1.17 bits per heavy atom. The van der Waals surface area contributed by atoms with Crippen molar-refractivity contribution in [1.29, 1.82) is 0 Å². The lowest BCUT2D eigenvalue weighted by molar-refractivity contribution is 0.587. The number of aryl methyl sites for hydroxylation is 1. The van der Waals surface area contributed by atoms with Gasteiger partial charge in [0.05, 0.1) is 11.1 Å². The molecule has 24 heavy (non-hydrogen) atoms. The summed E-state index contributed by atoms with van der Waals surface area (Å²) < 4.78 is 26.6. The highest BCUT2D eigenvalue weighted by Gasteiger charge is 2.19. The number of benzene rings is 1. The summed E-state index contributed by atoms with van der Waals surface area (Å²) in [6.07, 6.45) is 3.03. The van der Waals surface area contributed by atoms with Gasteiger partial charge in [0.2, 0.25) is 10.0 Å². The summed E-state index contributed by atoms with van der Waals surface area (Å²) in [5, 5.41) is 9.97. The lowest BCUT2D eigenvalue weighted by Crippen LogP contribution is -2.20. The topological polar surface area (TPSA) is 113 Å². The number of sulfonamides is 1. The predicted molar refractivity (Wildman–Crippen MR) is 94.4 cm³/mol. The lowest BCUT2D eigenvalue weighted by atomic mass is 10.1. The Kier molecular flexibility index (Phi) is 5.07. The van der Waals surface area contributed by atoms with E-state index < -0.39 is 10.0 Å². The molecule has 0 bridgehead atoms. The van der Waals surface area contributed by atoms with E-state index in [4.69, 9.17) is 0 Å². The predicted octanol–water partition coefficient (Wildman–Crippen LogP) is 2.04. The average molecular weight is 369 g/mol. The molecular formula is C14H17ClN6O2S. The Bertz CT molecular complexity index is 986. The number of fused-ring (bicyclic) bond motifs is 1. The van der Waals surface area contributed by atoms with Gasteiger partial charge in [0.25, 0.3) is 0 Å². The second kappa shape index (κ2) is 6.71. The molecule has 0 aliphatic heterocycles. The number of rotatable bonds is 4. The summed E-state index contributed by atoms with van der Waals surface area (Å²) in [4.78, 5) is 8.54. The third-order valence-electron chi connectivity index (χ3n) is 3.67. The molecule has 3 N–H and O–H groups in total. The zero-order valence-electron chi connectivity index (χ0n) is 13.3. The monoisotopic (exact) mass is 368 g/mol. The Hall–Kier alpha value is -2.23. The van der Waals surface area contributed by atoms with Crippen molar-refractivity contribution in [3.05, 3.63) is 35.8 Å². The lowest BCUT2D eigenvalue weighted by Gasteiger charge is -2.15. The van der Waals surface area contributed by atoms with E-state index in [1.54, 1.807) is 25.3 Å². The van der Waals surface area contributed by atoms with Gasteiger partial charge in [-0.3, -0.25) is 5.10 Å². The molecular weight excluding hydrogens is 352 g/mol. The normalized spacial score (nSPS) is 11.3. The highest BCUT2D eigenvalue weighted by atomic mass is 35.5. The number of aromatic nitrogens is 4. The molecule has 10 heteroatoms. The van der Waals surface area contributed by atoms with Gasteiger partial charge in [0, 0.05) is 5.69 Å². The maximum Gasteiger partial charge on any atom is 0.240 e. The summed E-state index contributed by atoms with van der Waals surface area (Å²) in [6, 6.07) is 3.35. The highest BCUT2D eigenvalue weighted by Crippen LogP contribution is 2.30. The van der Waals surface area contributed by atoms with Crippen LogP contribution in [-0.2, 0) is 10.0 Å². The Morgan fingerprint density at radius 2 is 1.92 bits per heavy atom. The Labute approximate surface area is 145 Å². The Morgan fingerprint density at radius 3 is 2.62 bits per heavy atom. The summed E-state index contributed by atoms with van der Waals surface area (Å²) in [7, 11) is -2.15. The van der Waals surface area contributed by atoms with Gasteiger partial charge >= 0.3 is 0 Å². The molecule has 1 aromatic carbocycles. The molecule has 0 saturated heterocycles. The molecule has 3 rings (SSSR count). The van der Waals surface area contributed by atoms with Crippen molar-refractivity contribution in [3.63, 3.8) is 0 Å². The molecule has 0 atom stereocenters. The van der Waals surface area contributed by atoms with E-state index >= 15 is 0 Å². The van der Waals surface area contributed by atoms with E-state index in [1.165, 1.54) is 13.4 Å². The zero-order chi connectivity index (χ0) is 16.6. The first-order valence-electron chi connectivity index (χ1n) is 6.89. The van der Waals surface area contributed by atoms with E-state index in [2.05, 4.69) is 30.2 Å². The first-order chi connectivity index (χ1) is 10.9. The van der Waals surface area contributed by atoms with Crippen LogP contribution in [0.4, 0.5) is 11.5 Å². The first kappa shape index (κ1) is 18.1. The van der Waals surface area contributed by atoms with Crippen LogP contribution in [-0.4, -0.2) is 35.6 Å². The molecule has 128 valence electrons. The minimum absolute atomic E-state index is 0. The fourth-order valence-corrected chi connectivity index (χ4v) is 3.37. The van der Waals surface area contributed by atoms with E-state index in [9.17, 15) is 8.42 Å². The van der Waals surface area contributed by atoms with Crippen molar-refractivity contribution in [2.45, 2.75) is 18.7 Å². The van der Waals surface area contributed by atoms with Crippen molar-refractivity contribution in [3.8, 4) is 0 Å². The molecule has 0 saturated carbocycles. The highest BCUT2D eigenvalue weighted by molar-refractivity contribution is 7.89. The van der Waals surface area contributed by atoms with Gasteiger partial charge in [-0.1, -0.05) is 6.07 Å². The zero-order valence-corrected chi connectivity index (χ0v) is 14.9. The van der Waals surface area contributed by atoms with Crippen molar-refractivity contribution in [1.82, 2.24) is 24.9 Å². The number of hydrogen-bond donors (Lipinski definition) is 3. The number of anilines is 2. The van der Waals surface area contributed by atoms with Crippen LogP contribution in [0, 0.1) is 13.8 Å². The van der Waals surface area contributed by atoms with Crippen molar-refractivity contribution in [2.75, 3.05) is 12.4 Å². The molecule has 0 amide bonds. The second-order valence-corrected chi connectivity index (χ2v) is 6.92. The van der Waals surface area contributed by atoms with Gasteiger partial charge in [0.15, 0.2) is 5.82 Å². The number of hydrogen-bond acceptors (Lipinski definition) is 6. The van der Waals surface area contributed by atoms with E-state index in [0.29, 0.717) is 28.1 Å². The third kappa shape index (κ3) is 3.05. The van der Waals surface area contributed by atoms with Crippen molar-refractivity contribution >= 4 is 45.0 Å². The number of aromatic amines is 1. The van der Waals surface area contributed by atoms with Gasteiger partial charge < -0.3 is 5.32 Å². The third-order valence-corrected chi connectivity index (χ3v) is 5.22. The fourth-order valence-electron chi connectivity index (χ4n) is 2.40. The maximum absolute atomic E-state index is 12.1. The summed E-state index contributed by atoms with van der Waals surface area (Å²) in [6.45, 7) is 3.65. The summed E-state index contributed by atoms with van der Waals surface area (Å²) in [5.41, 5.74) is 3.55. The molecule has 0 aliphatic carbocycles.